The average Bonchev–Trinajstić information content (AvgIpc) is 3.06. The first-order valence-electron chi connectivity index (χ1n) is 6.25. The zero-order chi connectivity index (χ0) is 15.2. The number of nitrogens with one attached hydrogen (secondary N) is 2. The second-order valence-corrected chi connectivity index (χ2v) is 5.32. The van der Waals surface area contributed by atoms with Crippen molar-refractivity contribution in [3.05, 3.63) is 28.3 Å². The van der Waals surface area contributed by atoms with Crippen LogP contribution in [0.5, 0.6) is 0 Å². The third-order valence-corrected chi connectivity index (χ3v) is 3.37. The summed E-state index contributed by atoms with van der Waals surface area (Å²) in [5, 5.41) is 13.9. The third-order valence-electron chi connectivity index (χ3n) is 2.60. The molecule has 0 aromatic carbocycles. The Kier molecular flexibility index (Phi) is 5.07. The largest absolute Gasteiger partial charge is 0.480 e. The van der Waals surface area contributed by atoms with Gasteiger partial charge in [0.15, 0.2) is 0 Å². The fourth-order valence-corrected chi connectivity index (χ4v) is 2.28. The van der Waals surface area contributed by atoms with Crippen LogP contribution in [0.1, 0.15) is 15.5 Å². The van der Waals surface area contributed by atoms with Gasteiger partial charge in [0.1, 0.15) is 12.3 Å². The summed E-state index contributed by atoms with van der Waals surface area (Å²) in [6, 6.07) is 1.72. The minimum Gasteiger partial charge on any atom is -0.480 e. The number of hydrogen-bond acceptors (Lipinski definition) is 5. The van der Waals surface area contributed by atoms with Crippen LogP contribution in [0.15, 0.2) is 17.6 Å². The summed E-state index contributed by atoms with van der Waals surface area (Å²) in [5.41, 5.74) is 2.11. The Morgan fingerprint density at radius 2 is 2.33 bits per heavy atom. The van der Waals surface area contributed by atoms with Crippen molar-refractivity contribution in [3.63, 3.8) is 0 Å². The number of ether oxygens (including phenoxy) is 1. The number of aromatic nitrogens is 2. The molecule has 0 aliphatic rings. The molecular formula is C13H15N3O4S. The van der Waals surface area contributed by atoms with Crippen LogP contribution >= 0.6 is 11.3 Å². The van der Waals surface area contributed by atoms with Crippen molar-refractivity contribution in [2.24, 2.45) is 0 Å². The molecule has 0 atom stereocenters. The van der Waals surface area contributed by atoms with E-state index in [1.54, 1.807) is 23.6 Å². The zero-order valence-corrected chi connectivity index (χ0v) is 12.2. The summed E-state index contributed by atoms with van der Waals surface area (Å²) < 4.78 is 4.83. The molecule has 2 rings (SSSR count). The Morgan fingerprint density at radius 3 is 3.00 bits per heavy atom. The standard InChI is InChI=1S/C13H15N3O4S/c1-8-16-11(7-21-8)9-4-10(15-5-9)13(19)14-2-3-20-6-12(17)18/h4-5,7,15H,2-3,6H2,1H3,(H,14,19)(H,17,18). The molecular weight excluding hydrogens is 294 g/mol. The molecule has 0 aliphatic carbocycles. The van der Waals surface area contributed by atoms with Crippen LogP contribution in [0.4, 0.5) is 0 Å². The van der Waals surface area contributed by atoms with Crippen molar-refractivity contribution in [2.75, 3.05) is 19.8 Å². The van der Waals surface area contributed by atoms with Gasteiger partial charge in [-0.3, -0.25) is 4.79 Å². The zero-order valence-electron chi connectivity index (χ0n) is 11.4. The van der Waals surface area contributed by atoms with E-state index in [1.165, 1.54) is 0 Å². The van der Waals surface area contributed by atoms with Crippen LogP contribution in [0, 0.1) is 6.92 Å². The first kappa shape index (κ1) is 15.2. The number of carboxylic acids is 1. The van der Waals surface area contributed by atoms with Gasteiger partial charge >= 0.3 is 5.97 Å². The number of aliphatic carboxylic acids is 1. The van der Waals surface area contributed by atoms with E-state index < -0.39 is 5.97 Å². The Hall–Kier alpha value is -2.19. The molecule has 0 aliphatic heterocycles. The SMILES string of the molecule is Cc1nc(-c2c[nH]c(C(=O)NCCOCC(=O)O)c2)cs1. The highest BCUT2D eigenvalue weighted by Crippen LogP contribution is 2.22. The lowest BCUT2D eigenvalue weighted by Gasteiger charge is -2.03. The first-order chi connectivity index (χ1) is 10.1. The van der Waals surface area contributed by atoms with E-state index in [2.05, 4.69) is 15.3 Å². The molecule has 8 heteroatoms. The number of thiazole rings is 1. The quantitative estimate of drug-likeness (QED) is 0.668. The van der Waals surface area contributed by atoms with E-state index in [-0.39, 0.29) is 25.7 Å². The fourth-order valence-electron chi connectivity index (χ4n) is 1.66. The highest BCUT2D eigenvalue weighted by molar-refractivity contribution is 7.09. The van der Waals surface area contributed by atoms with Crippen LogP contribution in [0.3, 0.4) is 0 Å². The Balaban J connectivity index is 1.83. The maximum absolute atomic E-state index is 11.9. The van der Waals surface area contributed by atoms with E-state index in [1.807, 2.05) is 12.3 Å². The van der Waals surface area contributed by atoms with Crippen LogP contribution in [0.2, 0.25) is 0 Å². The number of carboxylic acid groups (broad SMARTS) is 1. The van der Waals surface area contributed by atoms with Crippen LogP contribution in [0.25, 0.3) is 11.3 Å². The second kappa shape index (κ2) is 7.00. The molecule has 0 radical (unpaired) electrons. The molecule has 0 bridgehead atoms. The Morgan fingerprint density at radius 1 is 1.52 bits per heavy atom. The lowest BCUT2D eigenvalue weighted by molar-refractivity contribution is -0.142. The molecule has 0 spiro atoms. The normalized spacial score (nSPS) is 10.5. The molecule has 2 aromatic rings. The first-order valence-corrected chi connectivity index (χ1v) is 7.13. The van der Waals surface area contributed by atoms with Gasteiger partial charge in [0, 0.05) is 23.7 Å². The number of amides is 1. The van der Waals surface area contributed by atoms with Gasteiger partial charge in [-0.15, -0.1) is 11.3 Å². The molecule has 3 N–H and O–H groups in total. The van der Waals surface area contributed by atoms with Crippen LogP contribution < -0.4 is 5.32 Å². The molecule has 0 saturated heterocycles. The van der Waals surface area contributed by atoms with E-state index >= 15 is 0 Å². The maximum Gasteiger partial charge on any atom is 0.329 e. The number of aryl methyl sites for hydroxylation is 1. The van der Waals surface area contributed by atoms with Crippen molar-refractivity contribution >= 4 is 23.2 Å². The molecule has 112 valence electrons. The Labute approximate surface area is 125 Å². The van der Waals surface area contributed by atoms with E-state index in [4.69, 9.17) is 9.84 Å². The van der Waals surface area contributed by atoms with Crippen molar-refractivity contribution in [1.82, 2.24) is 15.3 Å². The van der Waals surface area contributed by atoms with Gasteiger partial charge in [-0.1, -0.05) is 0 Å². The van der Waals surface area contributed by atoms with Gasteiger partial charge in [0.05, 0.1) is 17.3 Å². The number of aromatic amines is 1. The second-order valence-electron chi connectivity index (χ2n) is 4.26. The maximum atomic E-state index is 11.9. The smallest absolute Gasteiger partial charge is 0.329 e. The lowest BCUT2D eigenvalue weighted by Crippen LogP contribution is -2.28. The number of carbonyl (C=O) groups excluding carboxylic acids is 1. The van der Waals surface area contributed by atoms with Gasteiger partial charge < -0.3 is 20.1 Å². The number of nitrogens with zero attached hydrogens (tertiary/aromatic N) is 1. The van der Waals surface area contributed by atoms with Gasteiger partial charge in [-0.05, 0) is 13.0 Å². The number of H-pyrrole nitrogens is 1. The van der Waals surface area contributed by atoms with Gasteiger partial charge in [-0.2, -0.15) is 0 Å². The lowest BCUT2D eigenvalue weighted by atomic mass is 10.2. The topological polar surface area (TPSA) is 104 Å². The van der Waals surface area contributed by atoms with E-state index in [0.717, 1.165) is 16.3 Å². The molecule has 21 heavy (non-hydrogen) atoms. The number of hydrogen-bond donors (Lipinski definition) is 3. The molecule has 2 heterocycles. The molecule has 2 aromatic heterocycles. The van der Waals surface area contributed by atoms with Crippen molar-refractivity contribution in [3.8, 4) is 11.3 Å². The average molecular weight is 309 g/mol. The van der Waals surface area contributed by atoms with Gasteiger partial charge in [-0.25, -0.2) is 9.78 Å². The molecule has 7 nitrogen and oxygen atoms in total. The van der Waals surface area contributed by atoms with Gasteiger partial charge in [0.25, 0.3) is 5.91 Å². The minimum absolute atomic E-state index is 0.150. The highest BCUT2D eigenvalue weighted by atomic mass is 32.1. The van der Waals surface area contributed by atoms with Crippen molar-refractivity contribution in [2.45, 2.75) is 6.92 Å². The minimum atomic E-state index is -1.03. The predicted octanol–water partition coefficient (Wildman–Crippen LogP) is 1.28. The predicted molar refractivity (Wildman–Crippen MR) is 77.4 cm³/mol. The summed E-state index contributed by atoms with van der Waals surface area (Å²) in [4.78, 5) is 29.3. The van der Waals surface area contributed by atoms with Gasteiger partial charge in [0.2, 0.25) is 0 Å². The monoisotopic (exact) mass is 309 g/mol. The van der Waals surface area contributed by atoms with E-state index in [9.17, 15) is 9.59 Å². The van der Waals surface area contributed by atoms with Crippen molar-refractivity contribution < 1.29 is 19.4 Å². The molecule has 0 saturated carbocycles. The molecule has 0 unspecified atom stereocenters. The Bertz CT molecular complexity index is 635. The molecule has 0 fully saturated rings. The summed E-state index contributed by atoms with van der Waals surface area (Å²) in [6.07, 6.45) is 1.73. The van der Waals surface area contributed by atoms with Crippen LogP contribution in [-0.4, -0.2) is 46.7 Å². The highest BCUT2D eigenvalue weighted by Gasteiger charge is 2.10. The molecule has 1 amide bonds. The summed E-state index contributed by atoms with van der Waals surface area (Å²) in [6.45, 7) is 1.95. The number of carbonyl (C=O) groups is 2. The van der Waals surface area contributed by atoms with Crippen LogP contribution in [-0.2, 0) is 9.53 Å². The number of rotatable bonds is 7. The van der Waals surface area contributed by atoms with E-state index in [0.29, 0.717) is 5.69 Å². The summed E-state index contributed by atoms with van der Waals surface area (Å²) >= 11 is 1.55. The summed E-state index contributed by atoms with van der Waals surface area (Å²) in [5.74, 6) is -1.30. The fraction of sp³-hybridized carbons (Fsp3) is 0.308. The summed E-state index contributed by atoms with van der Waals surface area (Å²) in [7, 11) is 0. The third kappa shape index (κ3) is 4.40. The van der Waals surface area contributed by atoms with Crippen molar-refractivity contribution in [1.29, 1.82) is 0 Å².